The van der Waals surface area contributed by atoms with E-state index in [1.54, 1.807) is 16.7 Å². The Hall–Kier alpha value is -0.910. The minimum atomic E-state index is -0.362. The van der Waals surface area contributed by atoms with Crippen molar-refractivity contribution in [2.45, 2.75) is 12.6 Å². The molecule has 5 heteroatoms. The molecular weight excluding hydrogens is 200 g/mol. The molecule has 1 amide bonds. The fourth-order valence-corrected chi connectivity index (χ4v) is 2.03. The number of rotatable bonds is 4. The lowest BCUT2D eigenvalue weighted by Crippen LogP contribution is -2.45. The predicted octanol–water partition coefficient (Wildman–Crippen LogP) is 0.335. The first-order valence-electron chi connectivity index (χ1n) is 4.44. The highest BCUT2D eigenvalue weighted by molar-refractivity contribution is 7.10. The van der Waals surface area contributed by atoms with Gasteiger partial charge < -0.3 is 15.8 Å². The van der Waals surface area contributed by atoms with E-state index >= 15 is 0 Å². The minimum absolute atomic E-state index is 0.362. The van der Waals surface area contributed by atoms with Crippen LogP contribution in [0.25, 0.3) is 0 Å². The summed E-state index contributed by atoms with van der Waals surface area (Å²) in [5, 5.41) is 5.11. The van der Waals surface area contributed by atoms with E-state index in [-0.39, 0.29) is 5.91 Å². The van der Waals surface area contributed by atoms with E-state index in [1.807, 2.05) is 6.07 Å². The van der Waals surface area contributed by atoms with Crippen LogP contribution in [0.3, 0.4) is 0 Å². The normalized spacial score (nSPS) is 16.6. The standard InChI is InChI=1S/C9H12N2O2S/c10-9(12)6-1-8(14-5-6)2-11-7-3-13-4-7/h1,5,7,11H,2-4H2,(H2,10,12). The van der Waals surface area contributed by atoms with Gasteiger partial charge in [-0.15, -0.1) is 11.3 Å². The maximum absolute atomic E-state index is 10.8. The van der Waals surface area contributed by atoms with Crippen molar-refractivity contribution in [2.75, 3.05) is 13.2 Å². The van der Waals surface area contributed by atoms with Crippen LogP contribution in [0.4, 0.5) is 0 Å². The number of carbonyl (C=O) groups is 1. The molecular formula is C9H12N2O2S. The van der Waals surface area contributed by atoms with Crippen LogP contribution < -0.4 is 11.1 Å². The Bertz CT molecular complexity index is 333. The van der Waals surface area contributed by atoms with Crippen LogP contribution in [0.1, 0.15) is 15.2 Å². The first-order valence-corrected chi connectivity index (χ1v) is 5.32. The Morgan fingerprint density at radius 2 is 2.50 bits per heavy atom. The molecule has 0 atom stereocenters. The zero-order valence-corrected chi connectivity index (χ0v) is 8.47. The minimum Gasteiger partial charge on any atom is -0.378 e. The molecule has 0 aromatic carbocycles. The van der Waals surface area contributed by atoms with E-state index in [1.165, 1.54) is 0 Å². The maximum Gasteiger partial charge on any atom is 0.249 e. The van der Waals surface area contributed by atoms with Gasteiger partial charge in [0.05, 0.1) is 24.8 Å². The summed E-state index contributed by atoms with van der Waals surface area (Å²) in [5.41, 5.74) is 5.74. The molecule has 1 fully saturated rings. The second kappa shape index (κ2) is 4.08. The molecule has 1 aliphatic heterocycles. The lowest BCUT2D eigenvalue weighted by molar-refractivity contribution is -0.00567. The second-order valence-electron chi connectivity index (χ2n) is 3.28. The van der Waals surface area contributed by atoms with Crippen molar-refractivity contribution in [3.63, 3.8) is 0 Å². The van der Waals surface area contributed by atoms with Gasteiger partial charge in [0.15, 0.2) is 0 Å². The highest BCUT2D eigenvalue weighted by atomic mass is 32.1. The Balaban J connectivity index is 1.86. The summed E-state index contributed by atoms with van der Waals surface area (Å²) < 4.78 is 5.03. The molecule has 1 aromatic heterocycles. The molecule has 4 nitrogen and oxygen atoms in total. The first kappa shape index (κ1) is 9.64. The third kappa shape index (κ3) is 2.12. The quantitative estimate of drug-likeness (QED) is 0.756. The van der Waals surface area contributed by atoms with Crippen molar-refractivity contribution in [3.05, 3.63) is 21.9 Å². The molecule has 2 heterocycles. The number of carbonyl (C=O) groups excluding carboxylic acids is 1. The monoisotopic (exact) mass is 212 g/mol. The molecule has 76 valence electrons. The SMILES string of the molecule is NC(=O)c1csc(CNC2COC2)c1. The summed E-state index contributed by atoms with van der Waals surface area (Å²) in [4.78, 5) is 11.9. The van der Waals surface area contributed by atoms with Crippen LogP contribution in [0.15, 0.2) is 11.4 Å². The molecule has 0 saturated carbocycles. The smallest absolute Gasteiger partial charge is 0.249 e. The number of ether oxygens (including phenoxy) is 1. The van der Waals surface area contributed by atoms with Crippen LogP contribution >= 0.6 is 11.3 Å². The lowest BCUT2D eigenvalue weighted by atomic mass is 10.2. The molecule has 1 aliphatic rings. The fourth-order valence-electron chi connectivity index (χ4n) is 1.20. The fraction of sp³-hybridized carbons (Fsp3) is 0.444. The van der Waals surface area contributed by atoms with Crippen molar-refractivity contribution >= 4 is 17.2 Å². The molecule has 0 bridgehead atoms. The molecule has 3 N–H and O–H groups in total. The van der Waals surface area contributed by atoms with Gasteiger partial charge in [-0.25, -0.2) is 0 Å². The average Bonchev–Trinajstić information content (AvgIpc) is 2.50. The molecule has 14 heavy (non-hydrogen) atoms. The summed E-state index contributed by atoms with van der Waals surface area (Å²) in [5.74, 6) is -0.362. The topological polar surface area (TPSA) is 64.4 Å². The lowest BCUT2D eigenvalue weighted by Gasteiger charge is -2.26. The van der Waals surface area contributed by atoms with E-state index in [0.717, 1.165) is 24.6 Å². The van der Waals surface area contributed by atoms with Gasteiger partial charge >= 0.3 is 0 Å². The number of thiophene rings is 1. The Morgan fingerprint density at radius 1 is 1.71 bits per heavy atom. The summed E-state index contributed by atoms with van der Waals surface area (Å²) in [7, 11) is 0. The largest absolute Gasteiger partial charge is 0.378 e. The van der Waals surface area contributed by atoms with E-state index in [4.69, 9.17) is 10.5 Å². The van der Waals surface area contributed by atoms with Gasteiger partial charge in [-0.1, -0.05) is 0 Å². The predicted molar refractivity (Wildman–Crippen MR) is 54.3 cm³/mol. The van der Waals surface area contributed by atoms with Crippen molar-refractivity contribution in [1.29, 1.82) is 0 Å². The van der Waals surface area contributed by atoms with E-state index in [9.17, 15) is 4.79 Å². The van der Waals surface area contributed by atoms with Crippen LogP contribution in [-0.4, -0.2) is 25.2 Å². The van der Waals surface area contributed by atoms with Crippen LogP contribution in [0, 0.1) is 0 Å². The number of nitrogens with one attached hydrogen (secondary N) is 1. The van der Waals surface area contributed by atoms with Crippen molar-refractivity contribution in [2.24, 2.45) is 5.73 Å². The summed E-state index contributed by atoms with van der Waals surface area (Å²) >= 11 is 1.55. The molecule has 2 rings (SSSR count). The van der Waals surface area contributed by atoms with Gasteiger partial charge in [0.1, 0.15) is 0 Å². The van der Waals surface area contributed by atoms with E-state index in [2.05, 4.69) is 5.32 Å². The third-order valence-corrected chi connectivity index (χ3v) is 3.08. The Morgan fingerprint density at radius 3 is 3.00 bits per heavy atom. The number of primary amides is 1. The summed E-state index contributed by atoms with van der Waals surface area (Å²) in [6.45, 7) is 2.36. The summed E-state index contributed by atoms with van der Waals surface area (Å²) in [6.07, 6.45) is 0. The molecule has 0 unspecified atom stereocenters. The van der Waals surface area contributed by atoms with Gasteiger partial charge in [0.25, 0.3) is 0 Å². The summed E-state index contributed by atoms with van der Waals surface area (Å²) in [6, 6.07) is 2.30. The van der Waals surface area contributed by atoms with Gasteiger partial charge in [-0.3, -0.25) is 4.79 Å². The van der Waals surface area contributed by atoms with Crippen molar-refractivity contribution in [3.8, 4) is 0 Å². The Labute approximate surface area is 86.1 Å². The highest BCUT2D eigenvalue weighted by Gasteiger charge is 2.17. The number of hydrogen-bond acceptors (Lipinski definition) is 4. The van der Waals surface area contributed by atoms with Gasteiger partial charge in [0.2, 0.25) is 5.91 Å². The average molecular weight is 212 g/mol. The van der Waals surface area contributed by atoms with Crippen molar-refractivity contribution in [1.82, 2.24) is 5.32 Å². The molecule has 1 saturated heterocycles. The molecule has 0 radical (unpaired) electrons. The second-order valence-corrected chi connectivity index (χ2v) is 4.28. The first-order chi connectivity index (χ1) is 6.75. The number of nitrogens with two attached hydrogens (primary N) is 1. The number of amides is 1. The van der Waals surface area contributed by atoms with Crippen LogP contribution in [0.2, 0.25) is 0 Å². The van der Waals surface area contributed by atoms with E-state index in [0.29, 0.717) is 11.6 Å². The van der Waals surface area contributed by atoms with Gasteiger partial charge in [-0.2, -0.15) is 0 Å². The van der Waals surface area contributed by atoms with Crippen LogP contribution in [0.5, 0.6) is 0 Å². The number of hydrogen-bond donors (Lipinski definition) is 2. The van der Waals surface area contributed by atoms with E-state index < -0.39 is 0 Å². The third-order valence-electron chi connectivity index (χ3n) is 2.14. The molecule has 0 aliphatic carbocycles. The van der Waals surface area contributed by atoms with Gasteiger partial charge in [0, 0.05) is 16.8 Å². The zero-order chi connectivity index (χ0) is 9.97. The van der Waals surface area contributed by atoms with Gasteiger partial charge in [-0.05, 0) is 6.07 Å². The van der Waals surface area contributed by atoms with Crippen LogP contribution in [-0.2, 0) is 11.3 Å². The zero-order valence-electron chi connectivity index (χ0n) is 7.66. The molecule has 0 spiro atoms. The maximum atomic E-state index is 10.8. The molecule has 1 aromatic rings. The Kier molecular flexibility index (Phi) is 2.81. The van der Waals surface area contributed by atoms with Crippen molar-refractivity contribution < 1.29 is 9.53 Å². The highest BCUT2D eigenvalue weighted by Crippen LogP contribution is 2.14.